The molecule has 2 heterocycles. The zero-order valence-corrected chi connectivity index (χ0v) is 10.7. The molecule has 1 aliphatic carbocycles. The SMILES string of the molecule is Cc1cccc(NCC2CC3(CC3)CN2C=O)n1. The summed E-state index contributed by atoms with van der Waals surface area (Å²) in [7, 11) is 0. The predicted molar refractivity (Wildman–Crippen MR) is 70.3 cm³/mol. The number of rotatable bonds is 4. The smallest absolute Gasteiger partial charge is 0.210 e. The van der Waals surface area contributed by atoms with Crippen LogP contribution < -0.4 is 5.32 Å². The first kappa shape index (κ1) is 11.5. The van der Waals surface area contributed by atoms with Gasteiger partial charge in [-0.2, -0.15) is 0 Å². The molecule has 0 bridgehead atoms. The molecule has 1 aromatic heterocycles. The molecule has 1 N–H and O–H groups in total. The minimum Gasteiger partial charge on any atom is -0.368 e. The lowest BCUT2D eigenvalue weighted by Crippen LogP contribution is -2.33. The molecular weight excluding hydrogens is 226 g/mol. The number of anilines is 1. The predicted octanol–water partition coefficient (Wildman–Crippen LogP) is 1.81. The zero-order chi connectivity index (χ0) is 12.6. The van der Waals surface area contributed by atoms with Crippen molar-refractivity contribution in [3.8, 4) is 0 Å². The molecule has 96 valence electrons. The fraction of sp³-hybridized carbons (Fsp3) is 0.571. The van der Waals surface area contributed by atoms with Crippen LogP contribution in [-0.4, -0.2) is 35.4 Å². The Kier molecular flexibility index (Phi) is 2.73. The van der Waals surface area contributed by atoms with Crippen LogP contribution in [0, 0.1) is 12.3 Å². The number of aromatic nitrogens is 1. The molecule has 0 aromatic carbocycles. The average Bonchev–Trinajstić information content (AvgIpc) is 3.00. The second kappa shape index (κ2) is 4.26. The molecular formula is C14H19N3O. The highest BCUT2D eigenvalue weighted by Crippen LogP contribution is 2.54. The van der Waals surface area contributed by atoms with E-state index < -0.39 is 0 Å². The Balaban J connectivity index is 1.61. The van der Waals surface area contributed by atoms with E-state index in [0.29, 0.717) is 11.5 Å². The number of nitrogens with one attached hydrogen (secondary N) is 1. The molecule has 1 unspecified atom stereocenters. The number of amides is 1. The molecule has 2 aliphatic rings. The van der Waals surface area contributed by atoms with E-state index in [1.54, 1.807) is 0 Å². The zero-order valence-electron chi connectivity index (χ0n) is 10.7. The molecule has 1 amide bonds. The summed E-state index contributed by atoms with van der Waals surface area (Å²) in [5, 5.41) is 3.35. The molecule has 2 fully saturated rings. The van der Waals surface area contributed by atoms with Gasteiger partial charge in [0, 0.05) is 24.8 Å². The first-order valence-corrected chi connectivity index (χ1v) is 6.59. The van der Waals surface area contributed by atoms with Crippen molar-refractivity contribution in [1.82, 2.24) is 9.88 Å². The van der Waals surface area contributed by atoms with Gasteiger partial charge in [-0.05, 0) is 43.7 Å². The molecule has 4 heteroatoms. The first-order chi connectivity index (χ1) is 8.71. The Bertz CT molecular complexity index is 456. The van der Waals surface area contributed by atoms with Crippen LogP contribution in [0.1, 0.15) is 25.0 Å². The van der Waals surface area contributed by atoms with Crippen molar-refractivity contribution in [2.24, 2.45) is 5.41 Å². The average molecular weight is 245 g/mol. The van der Waals surface area contributed by atoms with E-state index in [1.807, 2.05) is 30.0 Å². The van der Waals surface area contributed by atoms with Crippen molar-refractivity contribution in [2.45, 2.75) is 32.2 Å². The van der Waals surface area contributed by atoms with E-state index in [9.17, 15) is 4.79 Å². The third-order valence-electron chi connectivity index (χ3n) is 4.16. The molecule has 0 radical (unpaired) electrons. The Labute approximate surface area is 107 Å². The summed E-state index contributed by atoms with van der Waals surface area (Å²) in [4.78, 5) is 17.5. The first-order valence-electron chi connectivity index (χ1n) is 6.59. The highest BCUT2D eigenvalue weighted by Gasteiger charge is 2.51. The summed E-state index contributed by atoms with van der Waals surface area (Å²) in [6.07, 6.45) is 4.72. The van der Waals surface area contributed by atoms with Crippen molar-refractivity contribution in [2.75, 3.05) is 18.4 Å². The summed E-state index contributed by atoms with van der Waals surface area (Å²) < 4.78 is 0. The van der Waals surface area contributed by atoms with Crippen LogP contribution in [0.3, 0.4) is 0 Å². The maximum atomic E-state index is 11.1. The lowest BCUT2D eigenvalue weighted by molar-refractivity contribution is -0.118. The number of nitrogens with zero attached hydrogens (tertiary/aromatic N) is 2. The van der Waals surface area contributed by atoms with Crippen LogP contribution in [-0.2, 0) is 4.79 Å². The van der Waals surface area contributed by atoms with E-state index in [2.05, 4.69) is 10.3 Å². The molecule has 1 saturated heterocycles. The minimum atomic E-state index is 0.326. The molecule has 1 aliphatic heterocycles. The maximum Gasteiger partial charge on any atom is 0.210 e. The highest BCUT2D eigenvalue weighted by molar-refractivity contribution is 5.50. The molecule has 3 rings (SSSR count). The summed E-state index contributed by atoms with van der Waals surface area (Å²) in [5.74, 6) is 0.901. The van der Waals surface area contributed by atoms with Crippen LogP contribution >= 0.6 is 0 Å². The third kappa shape index (κ3) is 2.19. The molecule has 18 heavy (non-hydrogen) atoms. The molecule has 1 atom stereocenters. The summed E-state index contributed by atoms with van der Waals surface area (Å²) in [5.41, 5.74) is 1.48. The molecule has 1 aromatic rings. The quantitative estimate of drug-likeness (QED) is 0.823. The molecule has 4 nitrogen and oxygen atoms in total. The van der Waals surface area contributed by atoms with Gasteiger partial charge in [0.15, 0.2) is 0 Å². The largest absolute Gasteiger partial charge is 0.368 e. The van der Waals surface area contributed by atoms with E-state index >= 15 is 0 Å². The fourth-order valence-electron chi connectivity index (χ4n) is 2.91. The normalized spacial score (nSPS) is 24.3. The lowest BCUT2D eigenvalue weighted by Gasteiger charge is -2.20. The monoisotopic (exact) mass is 245 g/mol. The molecule has 1 saturated carbocycles. The molecule has 1 spiro atoms. The van der Waals surface area contributed by atoms with Gasteiger partial charge in [-0.25, -0.2) is 4.98 Å². The van der Waals surface area contributed by atoms with Crippen molar-refractivity contribution in [1.29, 1.82) is 0 Å². The van der Waals surface area contributed by atoms with Crippen molar-refractivity contribution in [3.05, 3.63) is 23.9 Å². The number of carbonyl (C=O) groups is 1. The Morgan fingerprint density at radius 3 is 3.06 bits per heavy atom. The number of likely N-dealkylation sites (tertiary alicyclic amines) is 1. The highest BCUT2D eigenvalue weighted by atomic mass is 16.1. The number of aryl methyl sites for hydroxylation is 1. The summed E-state index contributed by atoms with van der Waals surface area (Å²) >= 11 is 0. The number of hydrogen-bond donors (Lipinski definition) is 1. The summed E-state index contributed by atoms with van der Waals surface area (Å²) in [6, 6.07) is 6.28. The third-order valence-corrected chi connectivity index (χ3v) is 4.16. The van der Waals surface area contributed by atoms with Gasteiger partial charge in [0.1, 0.15) is 5.82 Å². The van der Waals surface area contributed by atoms with Gasteiger partial charge in [-0.3, -0.25) is 4.79 Å². The van der Waals surface area contributed by atoms with Gasteiger partial charge in [0.2, 0.25) is 6.41 Å². The van der Waals surface area contributed by atoms with Gasteiger partial charge in [-0.15, -0.1) is 0 Å². The van der Waals surface area contributed by atoms with E-state index in [-0.39, 0.29) is 0 Å². The van der Waals surface area contributed by atoms with Crippen molar-refractivity contribution in [3.63, 3.8) is 0 Å². The topological polar surface area (TPSA) is 45.2 Å². The number of pyridine rings is 1. The second-order valence-electron chi connectivity index (χ2n) is 5.68. The maximum absolute atomic E-state index is 11.1. The van der Waals surface area contributed by atoms with Crippen LogP contribution in [0.25, 0.3) is 0 Å². The van der Waals surface area contributed by atoms with Crippen LogP contribution in [0.5, 0.6) is 0 Å². The Hall–Kier alpha value is -1.58. The van der Waals surface area contributed by atoms with E-state index in [1.165, 1.54) is 12.8 Å². The standard InChI is InChI=1S/C14H19N3O/c1-11-3-2-4-13(16-11)15-8-12-7-14(5-6-14)9-17(12)10-18/h2-4,10,12H,5-9H2,1H3,(H,15,16). The number of hydrogen-bond acceptors (Lipinski definition) is 3. The van der Waals surface area contributed by atoms with Crippen LogP contribution in [0.4, 0.5) is 5.82 Å². The second-order valence-corrected chi connectivity index (χ2v) is 5.68. The Morgan fingerprint density at radius 2 is 2.39 bits per heavy atom. The van der Waals surface area contributed by atoms with E-state index in [4.69, 9.17) is 0 Å². The van der Waals surface area contributed by atoms with Gasteiger partial charge >= 0.3 is 0 Å². The Morgan fingerprint density at radius 1 is 1.56 bits per heavy atom. The lowest BCUT2D eigenvalue weighted by atomic mass is 10.0. The number of carbonyl (C=O) groups excluding carboxylic acids is 1. The fourth-order valence-corrected chi connectivity index (χ4v) is 2.91. The van der Waals surface area contributed by atoms with Gasteiger partial charge in [0.05, 0.1) is 0 Å². The summed E-state index contributed by atoms with van der Waals surface area (Å²) in [6.45, 7) is 3.73. The van der Waals surface area contributed by atoms with Gasteiger partial charge < -0.3 is 10.2 Å². The van der Waals surface area contributed by atoms with Gasteiger partial charge in [0.25, 0.3) is 0 Å². The van der Waals surface area contributed by atoms with Crippen LogP contribution in [0.15, 0.2) is 18.2 Å². The van der Waals surface area contributed by atoms with Crippen LogP contribution in [0.2, 0.25) is 0 Å². The van der Waals surface area contributed by atoms with Crippen molar-refractivity contribution < 1.29 is 4.79 Å². The van der Waals surface area contributed by atoms with Gasteiger partial charge in [-0.1, -0.05) is 6.07 Å². The van der Waals surface area contributed by atoms with E-state index in [0.717, 1.165) is 37.4 Å². The van der Waals surface area contributed by atoms with Crippen molar-refractivity contribution >= 4 is 12.2 Å². The minimum absolute atomic E-state index is 0.326.